The third kappa shape index (κ3) is 3.41. The molecule has 2 rings (SSSR count). The Hall–Kier alpha value is -1.64. The Labute approximate surface area is 99.9 Å². The van der Waals surface area contributed by atoms with E-state index < -0.39 is 0 Å². The summed E-state index contributed by atoms with van der Waals surface area (Å²) >= 11 is 0. The smallest absolute Gasteiger partial charge is 0.155 e. The molecule has 17 heavy (non-hydrogen) atoms. The lowest BCUT2D eigenvalue weighted by atomic mass is 10.2. The molecule has 1 aliphatic heterocycles. The van der Waals surface area contributed by atoms with Gasteiger partial charge < -0.3 is 14.2 Å². The van der Waals surface area contributed by atoms with Crippen molar-refractivity contribution in [2.24, 2.45) is 0 Å². The average Bonchev–Trinajstić information content (AvgIpc) is 2.40. The van der Waals surface area contributed by atoms with Gasteiger partial charge in [0.05, 0.1) is 44.3 Å². The van der Waals surface area contributed by atoms with E-state index in [4.69, 9.17) is 19.5 Å². The standard InChI is InChI=1S/C12H14N2O3/c13-7-10-1-3-14-8-12(10)17-4-2-11-9-15-5-6-16-11/h1,3,8,11H,2,4-6,9H2. The molecular weight excluding hydrogens is 220 g/mol. The molecule has 1 fully saturated rings. The Balaban J connectivity index is 1.79. The lowest BCUT2D eigenvalue weighted by Crippen LogP contribution is -2.29. The Morgan fingerprint density at radius 3 is 3.24 bits per heavy atom. The minimum Gasteiger partial charge on any atom is -0.490 e. The molecule has 0 radical (unpaired) electrons. The monoisotopic (exact) mass is 234 g/mol. The fraction of sp³-hybridized carbons (Fsp3) is 0.500. The first-order valence-corrected chi connectivity index (χ1v) is 5.56. The highest BCUT2D eigenvalue weighted by molar-refractivity contribution is 5.40. The number of aromatic nitrogens is 1. The number of hydrogen-bond acceptors (Lipinski definition) is 5. The van der Waals surface area contributed by atoms with Gasteiger partial charge in [-0.05, 0) is 6.07 Å². The van der Waals surface area contributed by atoms with Crippen molar-refractivity contribution in [2.75, 3.05) is 26.4 Å². The van der Waals surface area contributed by atoms with Gasteiger partial charge in [0, 0.05) is 12.6 Å². The highest BCUT2D eigenvalue weighted by atomic mass is 16.6. The van der Waals surface area contributed by atoms with Crippen LogP contribution in [0.15, 0.2) is 18.5 Å². The second-order valence-corrected chi connectivity index (χ2v) is 3.69. The van der Waals surface area contributed by atoms with Crippen molar-refractivity contribution in [1.82, 2.24) is 4.98 Å². The minimum absolute atomic E-state index is 0.0888. The van der Waals surface area contributed by atoms with Gasteiger partial charge in [0.2, 0.25) is 0 Å². The van der Waals surface area contributed by atoms with Crippen molar-refractivity contribution in [3.05, 3.63) is 24.0 Å². The van der Waals surface area contributed by atoms with Crippen LogP contribution in [0.1, 0.15) is 12.0 Å². The maximum Gasteiger partial charge on any atom is 0.155 e. The summed E-state index contributed by atoms with van der Waals surface area (Å²) in [4.78, 5) is 3.93. The molecule has 5 nitrogen and oxygen atoms in total. The maximum atomic E-state index is 8.86. The van der Waals surface area contributed by atoms with E-state index in [0.717, 1.165) is 6.42 Å². The normalized spacial score (nSPS) is 19.6. The fourth-order valence-electron chi connectivity index (χ4n) is 1.59. The van der Waals surface area contributed by atoms with Gasteiger partial charge in [-0.2, -0.15) is 5.26 Å². The topological polar surface area (TPSA) is 64.4 Å². The highest BCUT2D eigenvalue weighted by Gasteiger charge is 2.14. The predicted octanol–water partition coefficient (Wildman–Crippen LogP) is 1.14. The molecule has 5 heteroatoms. The molecule has 0 aromatic carbocycles. The molecule has 1 atom stereocenters. The number of nitriles is 1. The summed E-state index contributed by atoms with van der Waals surface area (Å²) in [5, 5.41) is 8.86. The van der Waals surface area contributed by atoms with E-state index >= 15 is 0 Å². The molecule has 90 valence electrons. The third-order valence-corrected chi connectivity index (χ3v) is 2.49. The molecule has 1 saturated heterocycles. The first-order valence-electron chi connectivity index (χ1n) is 5.56. The average molecular weight is 234 g/mol. The lowest BCUT2D eigenvalue weighted by molar-refractivity contribution is -0.0935. The van der Waals surface area contributed by atoms with Gasteiger partial charge in [-0.15, -0.1) is 0 Å². The van der Waals surface area contributed by atoms with Crippen molar-refractivity contribution < 1.29 is 14.2 Å². The third-order valence-electron chi connectivity index (χ3n) is 2.49. The zero-order valence-corrected chi connectivity index (χ0v) is 9.46. The molecule has 0 saturated carbocycles. The van der Waals surface area contributed by atoms with E-state index in [1.54, 1.807) is 18.5 Å². The SMILES string of the molecule is N#Cc1ccncc1OCCC1COCCO1. The number of rotatable bonds is 4. The van der Waals surface area contributed by atoms with Gasteiger partial charge in [0.15, 0.2) is 5.75 Å². The molecule has 0 N–H and O–H groups in total. The largest absolute Gasteiger partial charge is 0.490 e. The number of nitrogens with zero attached hydrogens (tertiary/aromatic N) is 2. The van der Waals surface area contributed by atoms with Crippen LogP contribution in [0.25, 0.3) is 0 Å². The Morgan fingerprint density at radius 1 is 1.53 bits per heavy atom. The van der Waals surface area contributed by atoms with E-state index in [1.165, 1.54) is 0 Å². The Bertz CT molecular complexity index is 397. The zero-order chi connectivity index (χ0) is 11.9. The van der Waals surface area contributed by atoms with Gasteiger partial charge >= 0.3 is 0 Å². The quantitative estimate of drug-likeness (QED) is 0.781. The molecule has 1 unspecified atom stereocenters. The summed E-state index contributed by atoms with van der Waals surface area (Å²) in [5.74, 6) is 0.520. The van der Waals surface area contributed by atoms with Gasteiger partial charge in [0.25, 0.3) is 0 Å². The number of ether oxygens (including phenoxy) is 3. The van der Waals surface area contributed by atoms with Crippen LogP contribution in [0.5, 0.6) is 5.75 Å². The summed E-state index contributed by atoms with van der Waals surface area (Å²) in [5.41, 5.74) is 0.501. The van der Waals surface area contributed by atoms with E-state index in [1.807, 2.05) is 0 Å². The molecule has 1 aromatic rings. The van der Waals surface area contributed by atoms with Crippen LogP contribution >= 0.6 is 0 Å². The summed E-state index contributed by atoms with van der Waals surface area (Å²) in [6.07, 6.45) is 3.96. The van der Waals surface area contributed by atoms with E-state index in [2.05, 4.69) is 11.1 Å². The Kier molecular flexibility index (Phi) is 4.30. The van der Waals surface area contributed by atoms with Crippen molar-refractivity contribution in [3.63, 3.8) is 0 Å². The maximum absolute atomic E-state index is 8.86. The van der Waals surface area contributed by atoms with Crippen molar-refractivity contribution in [2.45, 2.75) is 12.5 Å². The molecule has 1 aromatic heterocycles. The van der Waals surface area contributed by atoms with Crippen molar-refractivity contribution in [3.8, 4) is 11.8 Å². The highest BCUT2D eigenvalue weighted by Crippen LogP contribution is 2.15. The first-order chi connectivity index (χ1) is 8.40. The van der Waals surface area contributed by atoms with Crippen LogP contribution < -0.4 is 4.74 Å². The minimum atomic E-state index is 0.0888. The van der Waals surface area contributed by atoms with Gasteiger partial charge in [-0.1, -0.05) is 0 Å². The number of hydrogen-bond donors (Lipinski definition) is 0. The summed E-state index contributed by atoms with van der Waals surface area (Å²) in [6.45, 7) is 2.41. The van der Waals surface area contributed by atoms with Crippen molar-refractivity contribution in [1.29, 1.82) is 5.26 Å². The molecule has 1 aliphatic rings. The summed E-state index contributed by atoms with van der Waals surface area (Å²) in [7, 11) is 0. The second kappa shape index (κ2) is 6.18. The van der Waals surface area contributed by atoms with E-state index in [9.17, 15) is 0 Å². The van der Waals surface area contributed by atoms with Crippen LogP contribution in [0.4, 0.5) is 0 Å². The van der Waals surface area contributed by atoms with Crippen LogP contribution in [-0.4, -0.2) is 37.5 Å². The molecule has 0 aliphatic carbocycles. The van der Waals surface area contributed by atoms with E-state index in [-0.39, 0.29) is 6.10 Å². The lowest BCUT2D eigenvalue weighted by Gasteiger charge is -2.22. The second-order valence-electron chi connectivity index (χ2n) is 3.69. The van der Waals surface area contributed by atoms with Gasteiger partial charge in [0.1, 0.15) is 6.07 Å². The molecular formula is C12H14N2O3. The van der Waals surface area contributed by atoms with Crippen molar-refractivity contribution >= 4 is 0 Å². The molecule has 0 bridgehead atoms. The molecule has 0 amide bonds. The first kappa shape index (κ1) is 11.8. The fourth-order valence-corrected chi connectivity index (χ4v) is 1.59. The summed E-state index contributed by atoms with van der Waals surface area (Å²) < 4.78 is 16.3. The molecule has 2 heterocycles. The van der Waals surface area contributed by atoms with Crippen LogP contribution in [0.3, 0.4) is 0 Å². The van der Waals surface area contributed by atoms with Crippen LogP contribution in [0.2, 0.25) is 0 Å². The van der Waals surface area contributed by atoms with Crippen LogP contribution in [0, 0.1) is 11.3 Å². The summed E-state index contributed by atoms with van der Waals surface area (Å²) in [6, 6.07) is 3.70. The van der Waals surface area contributed by atoms with Gasteiger partial charge in [-0.3, -0.25) is 4.98 Å². The van der Waals surface area contributed by atoms with Gasteiger partial charge in [-0.25, -0.2) is 0 Å². The Morgan fingerprint density at radius 2 is 2.47 bits per heavy atom. The molecule has 0 spiro atoms. The van der Waals surface area contributed by atoms with Crippen LogP contribution in [-0.2, 0) is 9.47 Å². The number of pyridine rings is 1. The zero-order valence-electron chi connectivity index (χ0n) is 9.46. The predicted molar refractivity (Wildman–Crippen MR) is 59.6 cm³/mol. The van der Waals surface area contributed by atoms with E-state index in [0.29, 0.717) is 37.7 Å².